The van der Waals surface area contributed by atoms with E-state index in [9.17, 15) is 9.90 Å². The van der Waals surface area contributed by atoms with Crippen LogP contribution in [0, 0.1) is 11.8 Å². The van der Waals surface area contributed by atoms with Gasteiger partial charge in [-0.3, -0.25) is 4.57 Å². The highest BCUT2D eigenvalue weighted by atomic mass is 16.6. The largest absolute Gasteiger partial charge is 0.390 e. The van der Waals surface area contributed by atoms with Gasteiger partial charge in [0.1, 0.15) is 18.1 Å². The minimum absolute atomic E-state index is 0.0503. The van der Waals surface area contributed by atoms with Crippen molar-refractivity contribution in [1.82, 2.24) is 9.55 Å². The maximum atomic E-state index is 12.0. The Kier molecular flexibility index (Phi) is 6.34. The maximum absolute atomic E-state index is 12.0. The molecule has 1 aliphatic rings. The molecular formula is C16H28N4O4. The van der Waals surface area contributed by atoms with Gasteiger partial charge in [-0.1, -0.05) is 27.2 Å². The maximum Gasteiger partial charge on any atom is 0.351 e. The van der Waals surface area contributed by atoms with E-state index in [1.54, 1.807) is 0 Å². The van der Waals surface area contributed by atoms with Gasteiger partial charge < -0.3 is 26.0 Å². The molecule has 8 heteroatoms. The molecule has 24 heavy (non-hydrogen) atoms. The minimum atomic E-state index is -0.737. The quantitative estimate of drug-likeness (QED) is 0.643. The zero-order chi connectivity index (χ0) is 17.9. The Morgan fingerprint density at radius 3 is 2.88 bits per heavy atom. The lowest BCUT2D eigenvalue weighted by atomic mass is 10.0. The topological polar surface area (TPSA) is 126 Å². The number of ether oxygens (including phenoxy) is 2. The molecule has 1 fully saturated rings. The van der Waals surface area contributed by atoms with Crippen molar-refractivity contribution < 1.29 is 14.6 Å². The third-order valence-corrected chi connectivity index (χ3v) is 4.78. The van der Waals surface area contributed by atoms with Crippen molar-refractivity contribution in [3.63, 3.8) is 0 Å². The van der Waals surface area contributed by atoms with Crippen LogP contribution in [0.2, 0.25) is 0 Å². The highest BCUT2D eigenvalue weighted by molar-refractivity contribution is 5.23. The van der Waals surface area contributed by atoms with Gasteiger partial charge in [0.05, 0.1) is 19.3 Å². The zero-order valence-corrected chi connectivity index (χ0v) is 14.5. The summed E-state index contributed by atoms with van der Waals surface area (Å²) in [4.78, 5) is 15.7. The molecule has 8 nitrogen and oxygen atoms in total. The second-order valence-electron chi connectivity index (χ2n) is 6.54. The first-order valence-electron chi connectivity index (χ1n) is 8.36. The number of hydrogen-bond acceptors (Lipinski definition) is 7. The summed E-state index contributed by atoms with van der Waals surface area (Å²) >= 11 is 0. The predicted molar refractivity (Wildman–Crippen MR) is 90.2 cm³/mol. The van der Waals surface area contributed by atoms with E-state index in [4.69, 9.17) is 20.9 Å². The lowest BCUT2D eigenvalue weighted by Crippen LogP contribution is -2.36. The fourth-order valence-corrected chi connectivity index (χ4v) is 2.75. The van der Waals surface area contributed by atoms with Gasteiger partial charge in [-0.25, -0.2) is 4.79 Å². The Morgan fingerprint density at radius 2 is 2.25 bits per heavy atom. The lowest BCUT2D eigenvalue weighted by molar-refractivity contribution is -0.0672. The summed E-state index contributed by atoms with van der Waals surface area (Å²) in [6.45, 7) is 6.61. The second-order valence-corrected chi connectivity index (χ2v) is 6.54. The van der Waals surface area contributed by atoms with Crippen LogP contribution in [0.5, 0.6) is 0 Å². The fraction of sp³-hybridized carbons (Fsp3) is 0.750. The summed E-state index contributed by atoms with van der Waals surface area (Å²) in [5, 5.41) is 10.4. The number of nitrogens with two attached hydrogens (primary N) is 2. The Morgan fingerprint density at radius 1 is 1.54 bits per heavy atom. The summed E-state index contributed by atoms with van der Waals surface area (Å²) in [7, 11) is 0. The number of aromatic nitrogens is 2. The number of aliphatic hydroxyl groups excluding tert-OH is 1. The Labute approximate surface area is 141 Å². The Balaban J connectivity index is 1.96. The molecule has 0 bridgehead atoms. The molecule has 136 valence electrons. The predicted octanol–water partition coefficient (Wildman–Crippen LogP) is 0.110. The molecule has 1 aliphatic heterocycles. The average molecular weight is 340 g/mol. The Bertz CT molecular complexity index is 594. The van der Waals surface area contributed by atoms with E-state index in [1.165, 1.54) is 16.8 Å². The van der Waals surface area contributed by atoms with Crippen molar-refractivity contribution in [1.29, 1.82) is 0 Å². The van der Waals surface area contributed by atoms with Gasteiger partial charge in [-0.05, 0) is 12.0 Å². The number of hydrogen-bond donors (Lipinski definition) is 3. The van der Waals surface area contributed by atoms with Crippen molar-refractivity contribution >= 4 is 5.82 Å². The van der Waals surface area contributed by atoms with E-state index in [2.05, 4.69) is 18.8 Å². The summed E-state index contributed by atoms with van der Waals surface area (Å²) in [6, 6.07) is 1.48. The van der Waals surface area contributed by atoms with E-state index >= 15 is 0 Å². The molecule has 1 aromatic rings. The molecule has 1 aromatic heterocycles. The van der Waals surface area contributed by atoms with Crippen molar-refractivity contribution in [3.8, 4) is 0 Å². The smallest absolute Gasteiger partial charge is 0.351 e. The van der Waals surface area contributed by atoms with Gasteiger partial charge in [0.2, 0.25) is 0 Å². The van der Waals surface area contributed by atoms with Crippen molar-refractivity contribution in [2.24, 2.45) is 17.6 Å². The van der Waals surface area contributed by atoms with E-state index in [-0.39, 0.29) is 24.4 Å². The first-order valence-corrected chi connectivity index (χ1v) is 8.36. The van der Waals surface area contributed by atoms with Gasteiger partial charge in [-0.2, -0.15) is 4.98 Å². The fourth-order valence-electron chi connectivity index (χ4n) is 2.75. The molecule has 6 atom stereocenters. The van der Waals surface area contributed by atoms with Gasteiger partial charge in [-0.15, -0.1) is 0 Å². The molecule has 2 rings (SSSR count). The molecule has 0 spiro atoms. The van der Waals surface area contributed by atoms with Crippen LogP contribution >= 0.6 is 0 Å². The van der Waals surface area contributed by atoms with Crippen LogP contribution in [-0.2, 0) is 9.47 Å². The van der Waals surface area contributed by atoms with E-state index in [1.807, 2.05) is 6.92 Å². The average Bonchev–Trinajstić information content (AvgIpc) is 2.82. The molecule has 5 N–H and O–H groups in total. The van der Waals surface area contributed by atoms with Crippen LogP contribution in [-0.4, -0.2) is 46.1 Å². The number of nitrogen functional groups attached to an aromatic ring is 1. The van der Waals surface area contributed by atoms with Crippen LogP contribution in [0.4, 0.5) is 5.82 Å². The first-order chi connectivity index (χ1) is 11.3. The van der Waals surface area contributed by atoms with Crippen molar-refractivity contribution in [2.75, 3.05) is 18.9 Å². The molecule has 0 radical (unpaired) electrons. The minimum Gasteiger partial charge on any atom is -0.390 e. The second kappa shape index (κ2) is 8.06. The molecular weight excluding hydrogens is 312 g/mol. The molecule has 0 aromatic carbocycles. The van der Waals surface area contributed by atoms with E-state index in [0.717, 1.165) is 6.42 Å². The van der Waals surface area contributed by atoms with Crippen LogP contribution in [0.25, 0.3) is 0 Å². The SMILES string of the molecule is CCC(C)C(N)COC[C@H]1O[C@@H](n2ccc(N)nc2=O)C(C)C1O. The third-order valence-electron chi connectivity index (χ3n) is 4.78. The van der Waals surface area contributed by atoms with Crippen LogP contribution in [0.15, 0.2) is 17.1 Å². The monoisotopic (exact) mass is 340 g/mol. The molecule has 2 heterocycles. The van der Waals surface area contributed by atoms with E-state index < -0.39 is 24.1 Å². The van der Waals surface area contributed by atoms with Crippen LogP contribution < -0.4 is 17.2 Å². The number of anilines is 1. The highest BCUT2D eigenvalue weighted by Gasteiger charge is 2.42. The summed E-state index contributed by atoms with van der Waals surface area (Å²) in [5.41, 5.74) is 11.0. The van der Waals surface area contributed by atoms with Gasteiger partial charge >= 0.3 is 5.69 Å². The summed E-state index contributed by atoms with van der Waals surface area (Å²) in [6.07, 6.45) is 0.662. The summed E-state index contributed by atoms with van der Waals surface area (Å²) in [5.74, 6) is 0.247. The third kappa shape index (κ3) is 4.13. The standard InChI is InChI=1S/C16H28N4O4/c1-4-9(2)11(17)7-23-8-12-14(21)10(3)15(24-12)20-6-5-13(18)19-16(20)22/h5-6,9-12,14-15,21H,4,7-8,17H2,1-3H3,(H2,18,19,22)/t9?,10?,11?,12-,14?,15-/m1/s1. The van der Waals surface area contributed by atoms with Crippen LogP contribution in [0.1, 0.15) is 33.4 Å². The number of nitrogens with zero attached hydrogens (tertiary/aromatic N) is 2. The highest BCUT2D eigenvalue weighted by Crippen LogP contribution is 2.33. The number of rotatable bonds is 7. The first kappa shape index (κ1) is 18.9. The zero-order valence-electron chi connectivity index (χ0n) is 14.5. The Hall–Kier alpha value is -1.48. The summed E-state index contributed by atoms with van der Waals surface area (Å²) < 4.78 is 12.8. The molecule has 0 amide bonds. The molecule has 0 aliphatic carbocycles. The number of aliphatic hydroxyl groups is 1. The lowest BCUT2D eigenvalue weighted by Gasteiger charge is -2.20. The molecule has 4 unspecified atom stereocenters. The van der Waals surface area contributed by atoms with Crippen molar-refractivity contribution in [2.45, 2.75) is 51.7 Å². The van der Waals surface area contributed by atoms with E-state index in [0.29, 0.717) is 12.5 Å². The van der Waals surface area contributed by atoms with Gasteiger partial charge in [0.25, 0.3) is 0 Å². The van der Waals surface area contributed by atoms with Crippen LogP contribution in [0.3, 0.4) is 0 Å². The van der Waals surface area contributed by atoms with Crippen molar-refractivity contribution in [3.05, 3.63) is 22.7 Å². The molecule has 0 saturated carbocycles. The van der Waals surface area contributed by atoms with Gasteiger partial charge in [0, 0.05) is 18.2 Å². The van der Waals surface area contributed by atoms with Gasteiger partial charge in [0.15, 0.2) is 0 Å². The normalized spacial score (nSPS) is 29.5. The molecule has 1 saturated heterocycles.